The molecule has 6 rings (SSSR count). The van der Waals surface area contributed by atoms with Crippen molar-refractivity contribution in [2.45, 2.75) is 25.7 Å². The van der Waals surface area contributed by atoms with Crippen LogP contribution >= 0.6 is 0 Å². The van der Waals surface area contributed by atoms with Gasteiger partial charge in [-0.3, -0.25) is 9.10 Å². The van der Waals surface area contributed by atoms with Gasteiger partial charge >= 0.3 is 0 Å². The third-order valence-corrected chi connectivity index (χ3v) is 9.65. The van der Waals surface area contributed by atoms with E-state index >= 15 is 0 Å². The molecule has 0 atom stereocenters. The lowest BCUT2D eigenvalue weighted by Gasteiger charge is -2.21. The van der Waals surface area contributed by atoms with Crippen LogP contribution in [0.4, 0.5) is 14.5 Å². The van der Waals surface area contributed by atoms with E-state index in [9.17, 15) is 27.1 Å². The number of furan rings is 1. The number of sulfonamides is 1. The van der Waals surface area contributed by atoms with Gasteiger partial charge in [-0.05, 0) is 84.5 Å². The first-order valence-electron chi connectivity index (χ1n) is 15.1. The summed E-state index contributed by atoms with van der Waals surface area (Å²) in [6.07, 6.45) is 5.29. The van der Waals surface area contributed by atoms with Crippen LogP contribution in [0, 0.1) is 11.6 Å². The maximum absolute atomic E-state index is 14.7. The van der Waals surface area contributed by atoms with Crippen LogP contribution in [0.25, 0.3) is 45.2 Å². The highest BCUT2D eigenvalue weighted by Crippen LogP contribution is 2.42. The number of aliphatic hydroxyl groups is 1. The highest BCUT2D eigenvalue weighted by molar-refractivity contribution is 7.92. The number of carbonyl (C=O) groups excluding carboxylic acids is 1. The number of rotatable bonds is 10. The Labute approximate surface area is 271 Å². The number of allylic oxidation sites excluding steroid dienone is 1. The summed E-state index contributed by atoms with van der Waals surface area (Å²) in [5.41, 5.74) is 5.78. The highest BCUT2D eigenvalue weighted by atomic mass is 32.2. The molecular weight excluding hydrogens is 624 g/mol. The molecule has 1 amide bonds. The fourth-order valence-electron chi connectivity index (χ4n) is 5.96. The Bertz CT molecular complexity index is 2160. The van der Waals surface area contributed by atoms with Gasteiger partial charge in [0.25, 0.3) is 5.91 Å². The minimum Gasteiger partial charge on any atom is -0.455 e. The number of aryl methyl sites for hydroxylation is 1. The van der Waals surface area contributed by atoms with Crippen LogP contribution in [0.2, 0.25) is 0 Å². The number of aliphatic hydroxyl groups excluding tert-OH is 1. The second kappa shape index (κ2) is 12.7. The molecule has 2 heterocycles. The van der Waals surface area contributed by atoms with E-state index in [2.05, 4.69) is 5.32 Å². The molecule has 0 radical (unpaired) electrons. The lowest BCUT2D eigenvalue weighted by atomic mass is 9.97. The van der Waals surface area contributed by atoms with E-state index in [1.807, 2.05) is 12.1 Å². The van der Waals surface area contributed by atoms with Crippen molar-refractivity contribution in [1.29, 1.82) is 0 Å². The number of nitrogens with zero attached hydrogens (tertiary/aromatic N) is 2. The average Bonchev–Trinajstić information content (AvgIpc) is 3.66. The first-order chi connectivity index (χ1) is 22.5. The fraction of sp³-hybridized carbons (Fsp3) is 0.222. The van der Waals surface area contributed by atoms with Crippen LogP contribution in [0.3, 0.4) is 0 Å². The molecule has 2 N–H and O–H groups in total. The number of amides is 1. The molecule has 0 fully saturated rings. The summed E-state index contributed by atoms with van der Waals surface area (Å²) >= 11 is 0. The molecule has 0 saturated carbocycles. The zero-order valence-electron chi connectivity index (χ0n) is 26.1. The Hall–Kier alpha value is -4.87. The zero-order valence-corrected chi connectivity index (χ0v) is 26.9. The van der Waals surface area contributed by atoms with Gasteiger partial charge in [-0.25, -0.2) is 22.2 Å². The predicted octanol–water partition coefficient (Wildman–Crippen LogP) is 6.61. The average molecular weight is 658 g/mol. The molecule has 0 unspecified atom stereocenters. The van der Waals surface area contributed by atoms with Gasteiger partial charge < -0.3 is 14.8 Å². The van der Waals surface area contributed by atoms with E-state index in [0.717, 1.165) is 27.3 Å². The number of unbranched alkanes of at least 4 members (excludes halogenated alkanes) is 1. The highest BCUT2D eigenvalue weighted by Gasteiger charge is 2.27. The molecule has 1 aliphatic carbocycles. The number of halogens is 2. The van der Waals surface area contributed by atoms with Crippen LogP contribution in [0.5, 0.6) is 0 Å². The second-order valence-electron chi connectivity index (χ2n) is 11.5. The number of hydrogen-bond acceptors (Lipinski definition) is 6. The number of aromatic nitrogens is 1. The summed E-state index contributed by atoms with van der Waals surface area (Å²) in [7, 11) is -0.849. The minimum absolute atomic E-state index is 0.0552. The van der Waals surface area contributed by atoms with Gasteiger partial charge in [0.2, 0.25) is 10.0 Å². The van der Waals surface area contributed by atoms with E-state index in [-0.39, 0.29) is 35.0 Å². The molecule has 0 aliphatic heterocycles. The lowest BCUT2D eigenvalue weighted by molar-refractivity contribution is 0.0964. The summed E-state index contributed by atoms with van der Waals surface area (Å²) in [6.45, 7) is 0.0552. The molecule has 11 heteroatoms. The van der Waals surface area contributed by atoms with Crippen molar-refractivity contribution in [2.24, 2.45) is 0 Å². The molecule has 5 aromatic rings. The molecule has 0 spiro atoms. The van der Waals surface area contributed by atoms with Crippen LogP contribution in [-0.2, 0) is 22.9 Å². The molecule has 1 aliphatic rings. The standard InChI is InChI=1S/C36H33F2N3O5S/c1-39-36(43)33-28-19-27(31(41(2)47(3,44)45)20-32(28)46-35(33)22-10-13-25(37)14-11-22)30-15-12-21(7-4-5-16-42)34(40-30)24-17-23-8-6-9-29(38)26(23)18-24/h6,8-15,18-20,42H,4-5,7,16-17H2,1-3H3,(H,39,43). The number of hydrogen-bond donors (Lipinski definition) is 2. The number of carbonyl (C=O) groups is 1. The van der Waals surface area contributed by atoms with Gasteiger partial charge in [0.05, 0.1) is 28.9 Å². The van der Waals surface area contributed by atoms with Gasteiger partial charge in [-0.1, -0.05) is 18.2 Å². The largest absolute Gasteiger partial charge is 0.455 e. The van der Waals surface area contributed by atoms with Crippen LogP contribution in [0.1, 0.15) is 45.6 Å². The summed E-state index contributed by atoms with van der Waals surface area (Å²) in [5, 5.41) is 12.4. The fourth-order valence-corrected chi connectivity index (χ4v) is 6.46. The normalized spacial score (nSPS) is 12.7. The van der Waals surface area contributed by atoms with Gasteiger partial charge in [0.15, 0.2) is 0 Å². The van der Waals surface area contributed by atoms with E-state index < -0.39 is 21.7 Å². The smallest absolute Gasteiger partial charge is 0.255 e. The van der Waals surface area contributed by atoms with Crippen LogP contribution < -0.4 is 9.62 Å². The monoisotopic (exact) mass is 657 g/mol. The van der Waals surface area contributed by atoms with Gasteiger partial charge in [0.1, 0.15) is 23.0 Å². The third-order valence-electron chi connectivity index (χ3n) is 8.46. The first kappa shape index (κ1) is 32.1. The summed E-state index contributed by atoms with van der Waals surface area (Å²) < 4.78 is 61.6. The molecule has 2 aromatic heterocycles. The molecule has 3 aromatic carbocycles. The van der Waals surface area contributed by atoms with E-state index in [1.54, 1.807) is 30.3 Å². The van der Waals surface area contributed by atoms with E-state index in [0.29, 0.717) is 59.1 Å². The number of pyridine rings is 1. The van der Waals surface area contributed by atoms with E-state index in [4.69, 9.17) is 9.40 Å². The van der Waals surface area contributed by atoms with Crippen molar-refractivity contribution in [1.82, 2.24) is 10.3 Å². The Kier molecular flexibility index (Phi) is 8.69. The first-order valence-corrected chi connectivity index (χ1v) is 17.0. The minimum atomic E-state index is -3.76. The maximum atomic E-state index is 14.7. The second-order valence-corrected chi connectivity index (χ2v) is 13.5. The van der Waals surface area contributed by atoms with Gasteiger partial charge in [-0.2, -0.15) is 0 Å². The van der Waals surface area contributed by atoms with Gasteiger partial charge in [0, 0.05) is 55.3 Å². The molecule has 8 nitrogen and oxygen atoms in total. The summed E-state index contributed by atoms with van der Waals surface area (Å²) in [6, 6.07) is 17.5. The Morgan fingerprint density at radius 3 is 2.51 bits per heavy atom. The van der Waals surface area contributed by atoms with Crippen molar-refractivity contribution in [3.63, 3.8) is 0 Å². The predicted molar refractivity (Wildman–Crippen MR) is 179 cm³/mol. The molecular formula is C36H33F2N3O5S. The summed E-state index contributed by atoms with van der Waals surface area (Å²) in [4.78, 5) is 18.4. The molecule has 242 valence electrons. The Morgan fingerprint density at radius 1 is 1.06 bits per heavy atom. The van der Waals surface area contributed by atoms with Crippen molar-refractivity contribution in [2.75, 3.05) is 31.3 Å². The molecule has 0 saturated heterocycles. The van der Waals surface area contributed by atoms with Crippen LogP contribution in [-0.4, -0.2) is 51.4 Å². The number of benzene rings is 3. The van der Waals surface area contributed by atoms with E-state index in [1.165, 1.54) is 44.4 Å². The number of fused-ring (bicyclic) bond motifs is 2. The maximum Gasteiger partial charge on any atom is 0.255 e. The molecule has 47 heavy (non-hydrogen) atoms. The van der Waals surface area contributed by atoms with Crippen molar-refractivity contribution >= 4 is 44.2 Å². The van der Waals surface area contributed by atoms with Crippen LogP contribution in [0.15, 0.2) is 71.1 Å². The number of nitrogens with one attached hydrogen (secondary N) is 1. The van der Waals surface area contributed by atoms with Gasteiger partial charge in [-0.15, -0.1) is 0 Å². The lowest BCUT2D eigenvalue weighted by Crippen LogP contribution is -2.25. The zero-order chi connectivity index (χ0) is 33.5. The SMILES string of the molecule is CNC(=O)c1c(-c2ccc(F)cc2)oc2cc(N(C)S(C)(=O)=O)c(-c3ccc(CCCCO)c(C4=Cc5c(F)cccc5C4)n3)cc12. The van der Waals surface area contributed by atoms with Crippen molar-refractivity contribution in [3.8, 4) is 22.6 Å². The van der Waals surface area contributed by atoms with Crippen molar-refractivity contribution < 1.29 is 31.5 Å². The molecule has 0 bridgehead atoms. The quantitative estimate of drug-likeness (QED) is 0.164. The summed E-state index contributed by atoms with van der Waals surface area (Å²) in [5.74, 6) is -1.01. The third kappa shape index (κ3) is 6.16. The van der Waals surface area contributed by atoms with Crippen molar-refractivity contribution in [3.05, 3.63) is 106 Å². The topological polar surface area (TPSA) is 113 Å². The Morgan fingerprint density at radius 2 is 1.83 bits per heavy atom. The number of anilines is 1. The Balaban J connectivity index is 1.59.